The minimum atomic E-state index is -1.93. The van der Waals surface area contributed by atoms with Crippen LogP contribution in [-0.2, 0) is 26.5 Å². The maximum Gasteiger partial charge on any atom is 0.121 e. The fourth-order valence-electron chi connectivity index (χ4n) is 8.15. The summed E-state index contributed by atoms with van der Waals surface area (Å²) < 4.78 is 7.56. The summed E-state index contributed by atoms with van der Waals surface area (Å²) >= 11 is -1.93. The van der Waals surface area contributed by atoms with Crippen molar-refractivity contribution < 1.29 is 24.5 Å². The zero-order chi connectivity index (χ0) is 37.1. The second-order valence-electron chi connectivity index (χ2n) is 16.5. The van der Waals surface area contributed by atoms with Crippen molar-refractivity contribution in [1.82, 2.24) is 9.97 Å². The van der Waals surface area contributed by atoms with Crippen molar-refractivity contribution in [2.24, 2.45) is 11.8 Å². The van der Waals surface area contributed by atoms with Crippen molar-refractivity contribution in [3.05, 3.63) is 126 Å². The largest absolute Gasteiger partial charge is 0.500 e. The Bertz CT molecular complexity index is 2350. The maximum absolute atomic E-state index is 6.01. The van der Waals surface area contributed by atoms with E-state index in [0.717, 1.165) is 56.8 Å². The SMILES string of the molecule is CCC(C)Cc1cc(-c2[c-]c3ccccc3cc2)nc[c]1[Ge]([CH3])([CH3])[CH3].Cc1cccc2oc3c[c-]c(-c4cc(C(C)C5CCCCC5)ccn4)cc3c12.[Ir]. The summed E-state index contributed by atoms with van der Waals surface area (Å²) in [6.07, 6.45) is 13.4. The van der Waals surface area contributed by atoms with Crippen molar-refractivity contribution in [3.63, 3.8) is 0 Å². The second kappa shape index (κ2) is 17.5. The molecule has 281 valence electrons. The maximum atomic E-state index is 6.01. The topological polar surface area (TPSA) is 38.9 Å². The van der Waals surface area contributed by atoms with Crippen molar-refractivity contribution in [2.75, 3.05) is 0 Å². The van der Waals surface area contributed by atoms with Gasteiger partial charge in [-0.05, 0) is 55.0 Å². The van der Waals surface area contributed by atoms with Gasteiger partial charge >= 0.3 is 155 Å². The van der Waals surface area contributed by atoms with Crippen LogP contribution in [0.2, 0.25) is 17.3 Å². The molecule has 1 aliphatic carbocycles. The molecule has 1 radical (unpaired) electrons. The van der Waals surface area contributed by atoms with E-state index in [1.165, 1.54) is 66.0 Å². The predicted molar refractivity (Wildman–Crippen MR) is 228 cm³/mol. The summed E-state index contributed by atoms with van der Waals surface area (Å²) in [6, 6.07) is 36.8. The number of hydrogen-bond donors (Lipinski definition) is 0. The third-order valence-electron chi connectivity index (χ3n) is 11.6. The predicted octanol–water partition coefficient (Wildman–Crippen LogP) is 13.3. The van der Waals surface area contributed by atoms with Gasteiger partial charge in [-0.3, -0.25) is 0 Å². The fraction of sp³-hybridized carbons (Fsp3) is 0.347. The number of aryl methyl sites for hydroxylation is 1. The molecule has 8 rings (SSSR count). The summed E-state index contributed by atoms with van der Waals surface area (Å²) in [4.78, 5) is 9.50. The van der Waals surface area contributed by atoms with Gasteiger partial charge in [-0.1, -0.05) is 55.3 Å². The van der Waals surface area contributed by atoms with Gasteiger partial charge in [0.2, 0.25) is 0 Å². The van der Waals surface area contributed by atoms with Gasteiger partial charge in [0.25, 0.3) is 0 Å². The Labute approximate surface area is 339 Å². The Balaban J connectivity index is 0.000000182. The van der Waals surface area contributed by atoms with Crippen LogP contribution in [0.3, 0.4) is 0 Å². The minimum Gasteiger partial charge on any atom is -0.500 e. The number of benzene rings is 4. The summed E-state index contributed by atoms with van der Waals surface area (Å²) in [5, 5.41) is 4.73. The number of fused-ring (bicyclic) bond motifs is 4. The molecule has 2 atom stereocenters. The molecule has 5 heteroatoms. The molecule has 3 nitrogen and oxygen atoms in total. The van der Waals surface area contributed by atoms with Gasteiger partial charge in [-0.2, -0.15) is 0 Å². The zero-order valence-corrected chi connectivity index (χ0v) is 37.5. The van der Waals surface area contributed by atoms with Crippen LogP contribution in [0.5, 0.6) is 0 Å². The van der Waals surface area contributed by atoms with Gasteiger partial charge in [-0.15, -0.1) is 23.8 Å². The summed E-state index contributed by atoms with van der Waals surface area (Å²) in [7, 11) is 0. The van der Waals surface area contributed by atoms with E-state index in [2.05, 4.69) is 135 Å². The van der Waals surface area contributed by atoms with Crippen LogP contribution in [-0.4, -0.2) is 23.2 Å². The van der Waals surface area contributed by atoms with E-state index < -0.39 is 13.3 Å². The van der Waals surface area contributed by atoms with Crippen LogP contribution in [0.15, 0.2) is 102 Å². The van der Waals surface area contributed by atoms with Crippen molar-refractivity contribution in [3.8, 4) is 22.5 Å². The molecular formula is C49H54GeIrN2O-2. The Morgan fingerprint density at radius 3 is 2.39 bits per heavy atom. The number of rotatable bonds is 8. The Kier molecular flexibility index (Phi) is 13.0. The Morgan fingerprint density at radius 2 is 1.61 bits per heavy atom. The van der Waals surface area contributed by atoms with Gasteiger partial charge in [-0.25, -0.2) is 0 Å². The van der Waals surface area contributed by atoms with E-state index in [4.69, 9.17) is 9.40 Å². The third-order valence-corrected chi connectivity index (χ3v) is 15.9. The number of furan rings is 1. The summed E-state index contributed by atoms with van der Waals surface area (Å²) in [6.45, 7) is 9.15. The molecule has 0 N–H and O–H groups in total. The van der Waals surface area contributed by atoms with Gasteiger partial charge < -0.3 is 9.40 Å². The molecule has 0 spiro atoms. The molecule has 2 unspecified atom stereocenters. The Hall–Kier alpha value is -3.57. The number of pyridine rings is 2. The molecule has 0 aliphatic heterocycles. The van der Waals surface area contributed by atoms with Gasteiger partial charge in [0.15, 0.2) is 0 Å². The molecule has 1 aliphatic rings. The van der Waals surface area contributed by atoms with Crippen LogP contribution in [0.4, 0.5) is 0 Å². The molecule has 7 aromatic rings. The third kappa shape index (κ3) is 8.93. The number of aromatic nitrogens is 2. The first-order chi connectivity index (χ1) is 25.6. The average molecular weight is 952 g/mol. The number of hydrogen-bond acceptors (Lipinski definition) is 3. The first kappa shape index (κ1) is 40.1. The van der Waals surface area contributed by atoms with E-state index in [-0.39, 0.29) is 20.1 Å². The number of nitrogens with zero attached hydrogens (tertiary/aromatic N) is 2. The molecule has 0 bridgehead atoms. The molecule has 54 heavy (non-hydrogen) atoms. The zero-order valence-electron chi connectivity index (χ0n) is 33.1. The Morgan fingerprint density at radius 1 is 0.833 bits per heavy atom. The normalized spacial score (nSPS) is 14.7. The van der Waals surface area contributed by atoms with Crippen LogP contribution >= 0.6 is 0 Å². The second-order valence-corrected chi connectivity index (χ2v) is 27.1. The molecule has 3 heterocycles. The van der Waals surface area contributed by atoms with E-state index in [0.29, 0.717) is 11.8 Å². The molecule has 0 amide bonds. The first-order valence-corrected chi connectivity index (χ1v) is 27.1. The molecule has 4 aromatic carbocycles. The monoisotopic (exact) mass is 953 g/mol. The minimum absolute atomic E-state index is 0. The average Bonchev–Trinajstić information content (AvgIpc) is 3.57. The summed E-state index contributed by atoms with van der Waals surface area (Å²) in [5.41, 5.74) is 10.2. The smallest absolute Gasteiger partial charge is 0.121 e. The van der Waals surface area contributed by atoms with Crippen LogP contribution in [0.25, 0.3) is 55.2 Å². The molecule has 0 saturated heterocycles. The first-order valence-electron chi connectivity index (χ1n) is 19.8. The van der Waals surface area contributed by atoms with Gasteiger partial charge in [0.05, 0.1) is 5.58 Å². The van der Waals surface area contributed by atoms with Crippen molar-refractivity contribution >= 4 is 50.4 Å². The van der Waals surface area contributed by atoms with E-state index in [1.54, 1.807) is 4.40 Å². The molecule has 1 saturated carbocycles. The van der Waals surface area contributed by atoms with E-state index in [9.17, 15) is 0 Å². The van der Waals surface area contributed by atoms with E-state index in [1.807, 2.05) is 24.4 Å². The van der Waals surface area contributed by atoms with Crippen LogP contribution < -0.4 is 4.40 Å². The molecule has 3 aromatic heterocycles. The van der Waals surface area contributed by atoms with Crippen molar-refractivity contribution in [2.45, 2.75) is 95.8 Å². The van der Waals surface area contributed by atoms with E-state index >= 15 is 0 Å². The quantitative estimate of drug-likeness (QED) is 0.113. The van der Waals surface area contributed by atoms with Gasteiger partial charge in [0.1, 0.15) is 5.58 Å². The van der Waals surface area contributed by atoms with Gasteiger partial charge in [0, 0.05) is 31.7 Å². The van der Waals surface area contributed by atoms with Crippen LogP contribution in [0.1, 0.15) is 81.9 Å². The molecular weight excluding hydrogens is 897 g/mol. The van der Waals surface area contributed by atoms with Crippen LogP contribution in [0, 0.1) is 30.9 Å². The molecule has 1 fully saturated rings. The fourth-order valence-corrected chi connectivity index (χ4v) is 11.5. The summed E-state index contributed by atoms with van der Waals surface area (Å²) in [5.74, 6) is 9.47. The standard InChI is InChI=1S/C26H26NO.C23H28GeN.Ir/c1-17-7-6-10-25-26(17)22-15-21(11-12-24(22)28-25)23-16-20(13-14-27-23)18(2)19-8-4-3-5-9-19;1-6-17(2)13-21-15-23(25-16-22(21)24(3,4)5)20-12-11-18-9-7-8-10-19(18)14-20;/h6-7,10,12-16,18-19H,3-5,8-9H2,1-2H3;7-12,15-17H,6,13H2,1-5H3;/q2*-1;. The van der Waals surface area contributed by atoms with Crippen molar-refractivity contribution in [1.29, 1.82) is 0 Å².